The molecule has 0 aliphatic carbocycles. The van der Waals surface area contributed by atoms with Gasteiger partial charge in [-0.25, -0.2) is 9.36 Å². The SMILES string of the molecule is C=C(CCCl)C(=O)OP(=O)(O)O. The molecule has 0 spiro atoms. The first kappa shape index (κ1) is 11.6. The van der Waals surface area contributed by atoms with Crippen LogP contribution in [0.2, 0.25) is 0 Å². The first-order chi connectivity index (χ1) is 5.37. The second-order valence-corrected chi connectivity index (χ2v) is 3.45. The van der Waals surface area contributed by atoms with E-state index in [4.69, 9.17) is 21.4 Å². The molecule has 70 valence electrons. The molecule has 2 N–H and O–H groups in total. The van der Waals surface area contributed by atoms with E-state index in [0.29, 0.717) is 0 Å². The van der Waals surface area contributed by atoms with Gasteiger partial charge in [0, 0.05) is 11.5 Å². The van der Waals surface area contributed by atoms with Gasteiger partial charge in [0.1, 0.15) is 0 Å². The van der Waals surface area contributed by atoms with E-state index in [1.807, 2.05) is 0 Å². The number of carbonyl (C=O) groups excluding carboxylic acids is 1. The van der Waals surface area contributed by atoms with Crippen molar-refractivity contribution in [1.82, 2.24) is 0 Å². The van der Waals surface area contributed by atoms with Crippen LogP contribution in [0.25, 0.3) is 0 Å². The highest BCUT2D eigenvalue weighted by Crippen LogP contribution is 2.36. The number of alkyl halides is 1. The molecule has 0 aromatic carbocycles. The smallest absolute Gasteiger partial charge is 0.367 e. The lowest BCUT2D eigenvalue weighted by Crippen LogP contribution is -2.05. The third-order valence-corrected chi connectivity index (χ3v) is 1.48. The fourth-order valence-corrected chi connectivity index (χ4v) is 0.962. The summed E-state index contributed by atoms with van der Waals surface area (Å²) in [5.41, 5.74) is -0.0617. The minimum Gasteiger partial charge on any atom is -0.367 e. The summed E-state index contributed by atoms with van der Waals surface area (Å²) in [6.07, 6.45) is 0.139. The van der Waals surface area contributed by atoms with E-state index in [0.717, 1.165) is 0 Å². The van der Waals surface area contributed by atoms with Gasteiger partial charge < -0.3 is 4.52 Å². The van der Waals surface area contributed by atoms with Crippen molar-refractivity contribution in [2.45, 2.75) is 6.42 Å². The molecule has 12 heavy (non-hydrogen) atoms. The summed E-state index contributed by atoms with van der Waals surface area (Å²) in [5, 5.41) is 0. The Bertz CT molecular complexity index is 232. The summed E-state index contributed by atoms with van der Waals surface area (Å²) in [7, 11) is -4.75. The largest absolute Gasteiger partial charge is 0.527 e. The summed E-state index contributed by atoms with van der Waals surface area (Å²) in [4.78, 5) is 27.1. The number of rotatable bonds is 4. The molecule has 0 aromatic rings. The maximum Gasteiger partial charge on any atom is 0.527 e. The highest BCUT2D eigenvalue weighted by atomic mass is 35.5. The summed E-state index contributed by atoms with van der Waals surface area (Å²) in [6, 6.07) is 0. The van der Waals surface area contributed by atoms with Gasteiger partial charge >= 0.3 is 13.8 Å². The summed E-state index contributed by atoms with van der Waals surface area (Å²) in [6.45, 7) is 3.23. The molecule has 0 amide bonds. The number of halogens is 1. The topological polar surface area (TPSA) is 83.8 Å². The van der Waals surface area contributed by atoms with Crippen LogP contribution in [0.15, 0.2) is 12.2 Å². The van der Waals surface area contributed by atoms with E-state index in [2.05, 4.69) is 11.1 Å². The second kappa shape index (κ2) is 4.62. The minimum absolute atomic E-state index is 0.0617. The molecular formula is C5H8ClO5P. The Kier molecular flexibility index (Phi) is 4.49. The third kappa shape index (κ3) is 5.32. The zero-order chi connectivity index (χ0) is 9.78. The number of hydrogen-bond acceptors (Lipinski definition) is 3. The van der Waals surface area contributed by atoms with E-state index >= 15 is 0 Å². The minimum atomic E-state index is -4.75. The van der Waals surface area contributed by atoms with Crippen LogP contribution < -0.4 is 0 Å². The van der Waals surface area contributed by atoms with Gasteiger partial charge in [-0.1, -0.05) is 6.58 Å². The van der Waals surface area contributed by atoms with E-state index < -0.39 is 13.8 Å². The fourth-order valence-electron chi connectivity index (χ4n) is 0.389. The van der Waals surface area contributed by atoms with Crippen LogP contribution in [-0.2, 0) is 13.9 Å². The standard InChI is InChI=1S/C5H8ClO5P/c1-4(2-3-6)5(7)11-12(8,9)10/h1-3H2,(H2,8,9,10). The van der Waals surface area contributed by atoms with Crippen LogP contribution in [0.3, 0.4) is 0 Å². The molecule has 0 rings (SSSR count). The Labute approximate surface area is 74.2 Å². The summed E-state index contributed by atoms with van der Waals surface area (Å²) in [5.74, 6) is -0.973. The molecule has 7 heteroatoms. The van der Waals surface area contributed by atoms with Crippen molar-refractivity contribution in [3.63, 3.8) is 0 Å². The first-order valence-corrected chi connectivity index (χ1v) is 4.96. The van der Waals surface area contributed by atoms with Crippen molar-refractivity contribution in [3.8, 4) is 0 Å². The van der Waals surface area contributed by atoms with Crippen LogP contribution in [0.4, 0.5) is 0 Å². The van der Waals surface area contributed by atoms with Crippen molar-refractivity contribution in [1.29, 1.82) is 0 Å². The maximum absolute atomic E-state index is 10.7. The molecule has 0 radical (unpaired) electrons. The van der Waals surface area contributed by atoms with Crippen LogP contribution in [0.1, 0.15) is 6.42 Å². The van der Waals surface area contributed by atoms with Gasteiger partial charge in [0.05, 0.1) is 0 Å². The Hall–Kier alpha value is -0.350. The molecule has 0 fully saturated rings. The zero-order valence-corrected chi connectivity index (χ0v) is 7.72. The van der Waals surface area contributed by atoms with Crippen molar-refractivity contribution in [2.24, 2.45) is 0 Å². The van der Waals surface area contributed by atoms with E-state index in [1.54, 1.807) is 0 Å². The van der Waals surface area contributed by atoms with Gasteiger partial charge in [-0.15, -0.1) is 11.6 Å². The molecule has 0 bridgehead atoms. The molecule has 0 unspecified atom stereocenters. The highest BCUT2D eigenvalue weighted by molar-refractivity contribution is 7.46. The molecule has 0 aliphatic heterocycles. The monoisotopic (exact) mass is 214 g/mol. The van der Waals surface area contributed by atoms with Gasteiger partial charge in [0.15, 0.2) is 0 Å². The van der Waals surface area contributed by atoms with E-state index in [1.165, 1.54) is 0 Å². The second-order valence-electron chi connectivity index (χ2n) is 1.91. The van der Waals surface area contributed by atoms with Gasteiger partial charge in [-0.2, -0.15) is 0 Å². The van der Waals surface area contributed by atoms with Crippen LogP contribution in [0, 0.1) is 0 Å². The number of hydrogen-bond donors (Lipinski definition) is 2. The Morgan fingerprint density at radius 1 is 1.58 bits per heavy atom. The molecule has 0 saturated heterocycles. The van der Waals surface area contributed by atoms with Gasteiger partial charge in [-0.05, 0) is 6.42 Å². The first-order valence-electron chi connectivity index (χ1n) is 2.90. The molecule has 0 aromatic heterocycles. The average molecular weight is 215 g/mol. The maximum atomic E-state index is 10.7. The lowest BCUT2D eigenvalue weighted by atomic mass is 10.2. The zero-order valence-electron chi connectivity index (χ0n) is 6.07. The van der Waals surface area contributed by atoms with Crippen molar-refractivity contribution in [2.75, 3.05) is 5.88 Å². The van der Waals surface area contributed by atoms with E-state index in [9.17, 15) is 9.36 Å². The van der Waals surface area contributed by atoms with Crippen molar-refractivity contribution in [3.05, 3.63) is 12.2 Å². The van der Waals surface area contributed by atoms with Gasteiger partial charge in [-0.3, -0.25) is 9.79 Å². The van der Waals surface area contributed by atoms with E-state index in [-0.39, 0.29) is 17.9 Å². The predicted octanol–water partition coefficient (Wildman–Crippen LogP) is 0.807. The summed E-state index contributed by atoms with van der Waals surface area (Å²) >= 11 is 5.25. The summed E-state index contributed by atoms with van der Waals surface area (Å²) < 4.78 is 13.8. The van der Waals surface area contributed by atoms with Crippen LogP contribution in [0.5, 0.6) is 0 Å². The average Bonchev–Trinajstić information content (AvgIpc) is 1.84. The Morgan fingerprint density at radius 2 is 2.08 bits per heavy atom. The Balaban J connectivity index is 4.06. The number of carbonyl (C=O) groups is 1. The molecular weight excluding hydrogens is 206 g/mol. The third-order valence-electron chi connectivity index (χ3n) is 0.887. The normalized spacial score (nSPS) is 10.9. The van der Waals surface area contributed by atoms with Crippen molar-refractivity contribution < 1.29 is 23.7 Å². The molecule has 0 atom stereocenters. The molecule has 0 saturated carbocycles. The van der Waals surface area contributed by atoms with Crippen LogP contribution in [-0.4, -0.2) is 21.6 Å². The number of phosphoric acid groups is 1. The highest BCUT2D eigenvalue weighted by Gasteiger charge is 2.21. The number of phosphoric ester groups is 1. The predicted molar refractivity (Wildman–Crippen MR) is 42.6 cm³/mol. The fraction of sp³-hybridized carbons (Fsp3) is 0.400. The van der Waals surface area contributed by atoms with Crippen LogP contribution >= 0.6 is 19.4 Å². The van der Waals surface area contributed by atoms with Gasteiger partial charge in [0.25, 0.3) is 0 Å². The quantitative estimate of drug-likeness (QED) is 0.411. The molecule has 5 nitrogen and oxygen atoms in total. The Morgan fingerprint density at radius 3 is 2.42 bits per heavy atom. The lowest BCUT2D eigenvalue weighted by Gasteiger charge is -2.05. The van der Waals surface area contributed by atoms with Crippen molar-refractivity contribution >= 4 is 25.4 Å². The molecule has 0 aliphatic rings. The van der Waals surface area contributed by atoms with Gasteiger partial charge in [0.2, 0.25) is 0 Å². The molecule has 0 heterocycles. The lowest BCUT2D eigenvalue weighted by molar-refractivity contribution is -0.131.